The van der Waals surface area contributed by atoms with Crippen LogP contribution in [0.3, 0.4) is 0 Å². The number of hydrogen-bond donors (Lipinski definition) is 1. The number of rotatable bonds is 6. The Morgan fingerprint density at radius 2 is 1.76 bits per heavy atom. The second-order valence-electron chi connectivity index (χ2n) is 8.30. The van der Waals surface area contributed by atoms with Gasteiger partial charge in [0.1, 0.15) is 0 Å². The molecule has 1 N–H and O–H groups in total. The van der Waals surface area contributed by atoms with E-state index in [-0.39, 0.29) is 0 Å². The van der Waals surface area contributed by atoms with Crippen LogP contribution in [0.15, 0.2) is 0 Å². The lowest BCUT2D eigenvalue weighted by molar-refractivity contribution is 0.0678. The molecule has 0 aliphatic heterocycles. The van der Waals surface area contributed by atoms with E-state index < -0.39 is 0 Å². The van der Waals surface area contributed by atoms with Crippen molar-refractivity contribution in [3.8, 4) is 0 Å². The molecule has 0 bridgehead atoms. The molecule has 2 heteroatoms. The molecule has 2 atom stereocenters. The molecule has 2 aliphatic carbocycles. The molecule has 2 rings (SSSR count). The third-order valence-electron chi connectivity index (χ3n) is 6.04. The summed E-state index contributed by atoms with van der Waals surface area (Å²) in [5.74, 6) is 0.840. The van der Waals surface area contributed by atoms with Crippen molar-refractivity contribution >= 4 is 0 Å². The topological polar surface area (TPSA) is 15.3 Å². The Morgan fingerprint density at radius 3 is 2.43 bits per heavy atom. The third-order valence-corrected chi connectivity index (χ3v) is 6.04. The summed E-state index contributed by atoms with van der Waals surface area (Å²) in [6.45, 7) is 9.72. The monoisotopic (exact) mass is 294 g/mol. The largest absolute Gasteiger partial charge is 0.313 e. The van der Waals surface area contributed by atoms with E-state index in [2.05, 4.69) is 38.0 Å². The minimum atomic E-state index is 0.464. The molecule has 2 unspecified atom stereocenters. The molecule has 2 aliphatic rings. The van der Waals surface area contributed by atoms with E-state index in [4.69, 9.17) is 0 Å². The van der Waals surface area contributed by atoms with E-state index in [1.807, 2.05) is 0 Å². The van der Waals surface area contributed by atoms with Crippen molar-refractivity contribution < 1.29 is 0 Å². The van der Waals surface area contributed by atoms with Gasteiger partial charge in [-0.25, -0.2) is 0 Å². The second kappa shape index (κ2) is 7.97. The summed E-state index contributed by atoms with van der Waals surface area (Å²) in [7, 11) is 2.38. The molecule has 0 spiro atoms. The molecule has 0 aromatic rings. The van der Waals surface area contributed by atoms with Crippen LogP contribution in [-0.4, -0.2) is 37.1 Å². The minimum Gasteiger partial charge on any atom is -0.313 e. The van der Waals surface area contributed by atoms with Crippen LogP contribution in [0.2, 0.25) is 0 Å². The molecular weight excluding hydrogens is 256 g/mol. The minimum absolute atomic E-state index is 0.464. The fourth-order valence-electron chi connectivity index (χ4n) is 4.76. The second-order valence-corrected chi connectivity index (χ2v) is 8.30. The SMILES string of the molecule is CCCNC1C(CN(C)C2CCCCC2)CCCC1(C)C. The van der Waals surface area contributed by atoms with Gasteiger partial charge in [-0.3, -0.25) is 0 Å². The van der Waals surface area contributed by atoms with Crippen LogP contribution in [0.5, 0.6) is 0 Å². The number of nitrogens with zero attached hydrogens (tertiary/aromatic N) is 1. The Kier molecular flexibility index (Phi) is 6.55. The fourth-order valence-corrected chi connectivity index (χ4v) is 4.76. The number of hydrogen-bond acceptors (Lipinski definition) is 2. The summed E-state index contributed by atoms with van der Waals surface area (Å²) in [5.41, 5.74) is 0.464. The van der Waals surface area contributed by atoms with Crippen LogP contribution in [0, 0.1) is 11.3 Å². The lowest BCUT2D eigenvalue weighted by atomic mass is 9.67. The van der Waals surface area contributed by atoms with Gasteiger partial charge in [-0.15, -0.1) is 0 Å². The molecule has 0 heterocycles. The van der Waals surface area contributed by atoms with E-state index in [0.29, 0.717) is 11.5 Å². The first-order valence-corrected chi connectivity index (χ1v) is 9.48. The van der Waals surface area contributed by atoms with Crippen molar-refractivity contribution in [2.75, 3.05) is 20.1 Å². The van der Waals surface area contributed by atoms with Crippen molar-refractivity contribution in [2.24, 2.45) is 11.3 Å². The number of nitrogens with one attached hydrogen (secondary N) is 1. The van der Waals surface area contributed by atoms with Crippen molar-refractivity contribution in [2.45, 2.75) is 90.6 Å². The molecule has 2 fully saturated rings. The van der Waals surface area contributed by atoms with Gasteiger partial charge in [0.15, 0.2) is 0 Å². The zero-order chi connectivity index (χ0) is 15.3. The molecule has 2 nitrogen and oxygen atoms in total. The van der Waals surface area contributed by atoms with Crippen LogP contribution in [0.4, 0.5) is 0 Å². The Balaban J connectivity index is 1.94. The van der Waals surface area contributed by atoms with E-state index >= 15 is 0 Å². The molecule has 0 aromatic carbocycles. The average molecular weight is 295 g/mol. The molecule has 0 aromatic heterocycles. The van der Waals surface area contributed by atoms with Crippen molar-refractivity contribution in [3.63, 3.8) is 0 Å². The highest BCUT2D eigenvalue weighted by molar-refractivity contribution is 4.94. The van der Waals surface area contributed by atoms with Crippen molar-refractivity contribution in [1.82, 2.24) is 10.2 Å². The molecule has 0 radical (unpaired) electrons. The Hall–Kier alpha value is -0.0800. The normalized spacial score (nSPS) is 30.7. The lowest BCUT2D eigenvalue weighted by Gasteiger charge is -2.47. The summed E-state index contributed by atoms with van der Waals surface area (Å²) >= 11 is 0. The predicted octanol–water partition coefficient (Wildman–Crippen LogP) is 4.45. The molecule has 0 saturated heterocycles. The Labute approximate surface area is 133 Å². The molecule has 124 valence electrons. The molecule has 0 amide bonds. The summed E-state index contributed by atoms with van der Waals surface area (Å²) in [5, 5.41) is 3.89. The van der Waals surface area contributed by atoms with Crippen molar-refractivity contribution in [3.05, 3.63) is 0 Å². The van der Waals surface area contributed by atoms with Gasteiger partial charge < -0.3 is 10.2 Å². The summed E-state index contributed by atoms with van der Waals surface area (Å²) in [6, 6.07) is 1.56. The zero-order valence-corrected chi connectivity index (χ0v) is 15.0. The lowest BCUT2D eigenvalue weighted by Crippen LogP contribution is -2.53. The van der Waals surface area contributed by atoms with Crippen molar-refractivity contribution in [1.29, 1.82) is 0 Å². The highest BCUT2D eigenvalue weighted by atomic mass is 15.1. The predicted molar refractivity (Wildman–Crippen MR) is 92.7 cm³/mol. The van der Waals surface area contributed by atoms with Crippen LogP contribution in [0.25, 0.3) is 0 Å². The molecular formula is C19H38N2. The Morgan fingerprint density at radius 1 is 1.05 bits per heavy atom. The van der Waals surface area contributed by atoms with Crippen LogP contribution >= 0.6 is 0 Å². The van der Waals surface area contributed by atoms with Gasteiger partial charge in [-0.1, -0.05) is 46.5 Å². The first-order valence-electron chi connectivity index (χ1n) is 9.48. The van der Waals surface area contributed by atoms with E-state index in [1.54, 1.807) is 0 Å². The van der Waals surface area contributed by atoms with Gasteiger partial charge in [-0.2, -0.15) is 0 Å². The van der Waals surface area contributed by atoms with Gasteiger partial charge in [-0.05, 0) is 57.0 Å². The fraction of sp³-hybridized carbons (Fsp3) is 1.00. The summed E-state index contributed by atoms with van der Waals surface area (Å²) < 4.78 is 0. The van der Waals surface area contributed by atoms with Gasteiger partial charge in [0.25, 0.3) is 0 Å². The first-order chi connectivity index (χ1) is 10.0. The van der Waals surface area contributed by atoms with Gasteiger partial charge in [0, 0.05) is 18.6 Å². The molecule has 21 heavy (non-hydrogen) atoms. The highest BCUT2D eigenvalue weighted by Crippen LogP contribution is 2.39. The van der Waals surface area contributed by atoms with Crippen LogP contribution in [-0.2, 0) is 0 Å². The average Bonchev–Trinajstić information content (AvgIpc) is 2.47. The van der Waals surface area contributed by atoms with Crippen LogP contribution in [0.1, 0.15) is 78.6 Å². The van der Waals surface area contributed by atoms with E-state index in [1.165, 1.54) is 70.9 Å². The van der Waals surface area contributed by atoms with E-state index in [9.17, 15) is 0 Å². The maximum absolute atomic E-state index is 3.89. The summed E-state index contributed by atoms with van der Waals surface area (Å²) in [6.07, 6.45) is 12.7. The van der Waals surface area contributed by atoms with Gasteiger partial charge in [0.05, 0.1) is 0 Å². The maximum Gasteiger partial charge on any atom is 0.0159 e. The molecule has 2 saturated carbocycles. The quantitative estimate of drug-likeness (QED) is 0.779. The van der Waals surface area contributed by atoms with Gasteiger partial charge in [0.2, 0.25) is 0 Å². The zero-order valence-electron chi connectivity index (χ0n) is 15.0. The third kappa shape index (κ3) is 4.69. The van der Waals surface area contributed by atoms with Gasteiger partial charge >= 0.3 is 0 Å². The first kappa shape index (κ1) is 17.3. The highest BCUT2D eigenvalue weighted by Gasteiger charge is 2.39. The van der Waals surface area contributed by atoms with Crippen LogP contribution < -0.4 is 5.32 Å². The smallest absolute Gasteiger partial charge is 0.0159 e. The summed E-state index contributed by atoms with van der Waals surface area (Å²) in [4.78, 5) is 2.70. The van der Waals surface area contributed by atoms with E-state index in [0.717, 1.165) is 12.0 Å². The maximum atomic E-state index is 3.89. The standard InChI is InChI=1S/C19H38N2/c1-5-14-20-18-16(10-9-13-19(18,2)3)15-21(4)17-11-7-6-8-12-17/h16-18,20H,5-15H2,1-4H3. The Bertz CT molecular complexity index is 294.